The van der Waals surface area contributed by atoms with Gasteiger partial charge in [0.25, 0.3) is 0 Å². The van der Waals surface area contributed by atoms with Crippen molar-refractivity contribution in [3.8, 4) is 6.07 Å². The molecular weight excluding hydrogens is 288 g/mol. The molecule has 0 radical (unpaired) electrons. The van der Waals surface area contributed by atoms with E-state index in [1.165, 1.54) is 0 Å². The van der Waals surface area contributed by atoms with Crippen molar-refractivity contribution >= 4 is 23.3 Å². The number of anilines is 1. The first kappa shape index (κ1) is 13.5. The first-order valence-electron chi connectivity index (χ1n) is 6.38. The van der Waals surface area contributed by atoms with Crippen molar-refractivity contribution in [2.45, 2.75) is 13.1 Å². The summed E-state index contributed by atoms with van der Waals surface area (Å²) in [5.74, 6) is -0.930. The number of carboxylic acid groups (broad SMARTS) is 1. The number of carbonyl (C=O) groups is 1. The van der Waals surface area contributed by atoms with Gasteiger partial charge in [-0.1, -0.05) is 17.7 Å². The number of aromatic carboxylic acids is 1. The molecule has 0 bridgehead atoms. The summed E-state index contributed by atoms with van der Waals surface area (Å²) >= 11 is 5.91. The van der Waals surface area contributed by atoms with Crippen LogP contribution in [-0.2, 0) is 13.1 Å². The first-order chi connectivity index (χ1) is 10.1. The van der Waals surface area contributed by atoms with Gasteiger partial charge in [0.1, 0.15) is 6.07 Å². The maximum Gasteiger partial charge on any atom is 0.335 e. The molecule has 0 amide bonds. The fourth-order valence-electron chi connectivity index (χ4n) is 2.57. The van der Waals surface area contributed by atoms with Gasteiger partial charge >= 0.3 is 5.97 Å². The Labute approximate surface area is 126 Å². The van der Waals surface area contributed by atoms with Crippen molar-refractivity contribution in [3.05, 3.63) is 63.7 Å². The van der Waals surface area contributed by atoms with Crippen molar-refractivity contribution in [2.24, 2.45) is 0 Å². The Bertz CT molecular complexity index is 780. The number of hydrogen-bond donors (Lipinski definition) is 1. The fourth-order valence-corrected chi connectivity index (χ4v) is 2.74. The number of rotatable bonds is 2. The van der Waals surface area contributed by atoms with Gasteiger partial charge in [-0.2, -0.15) is 5.26 Å². The molecule has 1 N–H and O–H groups in total. The Morgan fingerprint density at radius 2 is 1.95 bits per heavy atom. The van der Waals surface area contributed by atoms with E-state index in [0.29, 0.717) is 23.7 Å². The summed E-state index contributed by atoms with van der Waals surface area (Å²) in [5, 5.41) is 18.8. The molecule has 5 heteroatoms. The minimum absolute atomic E-state index is 0.284. The number of fused-ring (bicyclic) bond motifs is 1. The Hall–Kier alpha value is -2.51. The van der Waals surface area contributed by atoms with Crippen LogP contribution in [0.25, 0.3) is 0 Å². The number of hydrogen-bond acceptors (Lipinski definition) is 3. The third-order valence-electron chi connectivity index (χ3n) is 3.60. The lowest BCUT2D eigenvalue weighted by atomic mass is 10.1. The number of carboxylic acids is 1. The van der Waals surface area contributed by atoms with Crippen LogP contribution >= 0.6 is 11.6 Å². The van der Waals surface area contributed by atoms with Crippen molar-refractivity contribution in [1.29, 1.82) is 5.26 Å². The molecule has 0 aliphatic carbocycles. The summed E-state index contributed by atoms with van der Waals surface area (Å²) in [6, 6.07) is 12.5. The van der Waals surface area contributed by atoms with Crippen molar-refractivity contribution in [1.82, 2.24) is 0 Å². The van der Waals surface area contributed by atoms with E-state index < -0.39 is 5.97 Å². The normalized spacial score (nSPS) is 12.9. The zero-order chi connectivity index (χ0) is 15.0. The highest BCUT2D eigenvalue weighted by molar-refractivity contribution is 6.30. The van der Waals surface area contributed by atoms with Crippen LogP contribution in [0.2, 0.25) is 5.02 Å². The van der Waals surface area contributed by atoms with Gasteiger partial charge in [-0.15, -0.1) is 0 Å². The Morgan fingerprint density at radius 1 is 1.19 bits per heavy atom. The molecule has 1 aliphatic heterocycles. The van der Waals surface area contributed by atoms with Crippen molar-refractivity contribution < 1.29 is 9.90 Å². The van der Waals surface area contributed by atoms with Crippen LogP contribution in [0, 0.1) is 11.3 Å². The molecule has 0 saturated heterocycles. The molecule has 1 heterocycles. The summed E-state index contributed by atoms with van der Waals surface area (Å²) in [4.78, 5) is 13.1. The van der Waals surface area contributed by atoms with Gasteiger partial charge in [-0.25, -0.2) is 4.79 Å². The molecule has 4 nitrogen and oxygen atoms in total. The average Bonchev–Trinajstić information content (AvgIpc) is 2.89. The second-order valence-electron chi connectivity index (χ2n) is 4.92. The molecule has 0 unspecified atom stereocenters. The third-order valence-corrected chi connectivity index (χ3v) is 3.83. The van der Waals surface area contributed by atoms with Crippen LogP contribution in [0.5, 0.6) is 0 Å². The molecule has 0 fully saturated rings. The summed E-state index contributed by atoms with van der Waals surface area (Å²) in [7, 11) is 0. The molecule has 21 heavy (non-hydrogen) atoms. The maximum absolute atomic E-state index is 11.0. The van der Waals surface area contributed by atoms with Gasteiger partial charge in [0, 0.05) is 18.1 Å². The molecular formula is C16H11ClN2O2. The van der Waals surface area contributed by atoms with E-state index in [0.717, 1.165) is 16.8 Å². The number of nitrogens with zero attached hydrogens (tertiary/aromatic N) is 2. The predicted octanol–water partition coefficient (Wildman–Crippen LogP) is 3.43. The summed E-state index contributed by atoms with van der Waals surface area (Å²) < 4.78 is 0. The van der Waals surface area contributed by atoms with Gasteiger partial charge < -0.3 is 10.0 Å². The summed E-state index contributed by atoms with van der Waals surface area (Å²) in [5.41, 5.74) is 3.68. The second kappa shape index (κ2) is 5.12. The van der Waals surface area contributed by atoms with Crippen LogP contribution in [-0.4, -0.2) is 11.1 Å². The van der Waals surface area contributed by atoms with Crippen LogP contribution < -0.4 is 4.90 Å². The average molecular weight is 299 g/mol. The molecule has 1 aliphatic rings. The standard InChI is InChI=1S/C16H11ClN2O2/c17-14-3-4-15(12(6-14)7-18)19-8-11-2-1-10(16(20)21)5-13(11)9-19/h1-6H,8-9H2,(H,20,21). The van der Waals surface area contributed by atoms with Crippen molar-refractivity contribution in [2.75, 3.05) is 4.90 Å². The lowest BCUT2D eigenvalue weighted by molar-refractivity contribution is 0.0697. The molecule has 3 rings (SSSR count). The number of nitriles is 1. The number of halogens is 1. The monoisotopic (exact) mass is 298 g/mol. The maximum atomic E-state index is 11.0. The van der Waals surface area contributed by atoms with Gasteiger partial charge in [0.2, 0.25) is 0 Å². The third kappa shape index (κ3) is 2.44. The Kier molecular flexibility index (Phi) is 3.28. The van der Waals surface area contributed by atoms with Crippen LogP contribution in [0.4, 0.5) is 5.69 Å². The molecule has 104 valence electrons. The molecule has 0 saturated carbocycles. The molecule has 2 aromatic rings. The van der Waals surface area contributed by atoms with E-state index in [1.807, 2.05) is 17.0 Å². The summed E-state index contributed by atoms with van der Waals surface area (Å²) in [6.45, 7) is 1.25. The molecule has 0 spiro atoms. The minimum atomic E-state index is -0.930. The highest BCUT2D eigenvalue weighted by atomic mass is 35.5. The summed E-state index contributed by atoms with van der Waals surface area (Å²) in [6.07, 6.45) is 0. The lowest BCUT2D eigenvalue weighted by Crippen LogP contribution is -2.15. The van der Waals surface area contributed by atoms with Crippen LogP contribution in [0.15, 0.2) is 36.4 Å². The van der Waals surface area contributed by atoms with Crippen LogP contribution in [0.3, 0.4) is 0 Å². The molecule has 2 aromatic carbocycles. The van der Waals surface area contributed by atoms with E-state index >= 15 is 0 Å². The smallest absolute Gasteiger partial charge is 0.335 e. The highest BCUT2D eigenvalue weighted by Gasteiger charge is 2.22. The molecule has 0 aromatic heterocycles. The first-order valence-corrected chi connectivity index (χ1v) is 6.76. The topological polar surface area (TPSA) is 64.3 Å². The Morgan fingerprint density at radius 3 is 2.67 bits per heavy atom. The van der Waals surface area contributed by atoms with Gasteiger partial charge in [0.15, 0.2) is 0 Å². The van der Waals surface area contributed by atoms with Crippen LogP contribution in [0.1, 0.15) is 27.0 Å². The predicted molar refractivity (Wildman–Crippen MR) is 79.5 cm³/mol. The van der Waals surface area contributed by atoms with E-state index in [4.69, 9.17) is 16.7 Å². The quantitative estimate of drug-likeness (QED) is 0.922. The SMILES string of the molecule is N#Cc1cc(Cl)ccc1N1Cc2ccc(C(=O)O)cc2C1. The largest absolute Gasteiger partial charge is 0.478 e. The van der Waals surface area contributed by atoms with Gasteiger partial charge in [-0.05, 0) is 41.5 Å². The van der Waals surface area contributed by atoms with Gasteiger partial charge in [0.05, 0.1) is 16.8 Å². The minimum Gasteiger partial charge on any atom is -0.478 e. The van der Waals surface area contributed by atoms with E-state index in [1.54, 1.807) is 24.3 Å². The van der Waals surface area contributed by atoms with E-state index in [9.17, 15) is 10.1 Å². The number of benzene rings is 2. The zero-order valence-electron chi connectivity index (χ0n) is 11.0. The zero-order valence-corrected chi connectivity index (χ0v) is 11.8. The second-order valence-corrected chi connectivity index (χ2v) is 5.35. The van der Waals surface area contributed by atoms with E-state index in [2.05, 4.69) is 6.07 Å². The lowest BCUT2D eigenvalue weighted by Gasteiger charge is -2.19. The van der Waals surface area contributed by atoms with E-state index in [-0.39, 0.29) is 5.56 Å². The van der Waals surface area contributed by atoms with Gasteiger partial charge in [-0.3, -0.25) is 0 Å². The highest BCUT2D eigenvalue weighted by Crippen LogP contribution is 2.32. The fraction of sp³-hybridized carbons (Fsp3) is 0.125. The van der Waals surface area contributed by atoms with Crippen molar-refractivity contribution in [3.63, 3.8) is 0 Å². The Balaban J connectivity index is 1.95. The molecule has 0 atom stereocenters.